The summed E-state index contributed by atoms with van der Waals surface area (Å²) in [5.74, 6) is -0.896. The van der Waals surface area contributed by atoms with Gasteiger partial charge in [0.2, 0.25) is 0 Å². The second-order valence-corrected chi connectivity index (χ2v) is 9.47. The van der Waals surface area contributed by atoms with Gasteiger partial charge in [-0.3, -0.25) is 0 Å². The first-order chi connectivity index (χ1) is 16.7. The van der Waals surface area contributed by atoms with Crippen LogP contribution in [0.5, 0.6) is 0 Å². The van der Waals surface area contributed by atoms with E-state index in [1.807, 2.05) is 6.92 Å². The average Bonchev–Trinajstić information content (AvgIpc) is 2.85. The summed E-state index contributed by atoms with van der Waals surface area (Å²) in [5.41, 5.74) is 0.580. The van der Waals surface area contributed by atoms with Crippen LogP contribution >= 0.6 is 0 Å². The fourth-order valence-electron chi connectivity index (χ4n) is 4.12. The standard InChI is InChI=1S/C30H50O4/c1-3-5-7-8-9-10-11-12-13-14-15-16-17-18-19-22-26-34-30(32)28-24-21-20-23-27(28)29(31)33-25-6-4-2/h20-21,23-24H,3-19,22,25-26H2,1-2H3. The van der Waals surface area contributed by atoms with E-state index < -0.39 is 11.9 Å². The first kappa shape index (κ1) is 30.2. The molecule has 0 heterocycles. The van der Waals surface area contributed by atoms with Crippen molar-refractivity contribution in [2.45, 2.75) is 129 Å². The van der Waals surface area contributed by atoms with Crippen LogP contribution in [0.4, 0.5) is 0 Å². The molecule has 0 saturated heterocycles. The van der Waals surface area contributed by atoms with E-state index in [4.69, 9.17) is 9.47 Å². The number of ether oxygens (including phenoxy) is 2. The van der Waals surface area contributed by atoms with Gasteiger partial charge < -0.3 is 9.47 Å². The molecule has 0 aromatic heterocycles. The number of hydrogen-bond donors (Lipinski definition) is 0. The van der Waals surface area contributed by atoms with Gasteiger partial charge in [0.05, 0.1) is 24.3 Å². The lowest BCUT2D eigenvalue weighted by molar-refractivity contribution is 0.0451. The average molecular weight is 475 g/mol. The van der Waals surface area contributed by atoms with E-state index in [0.717, 1.165) is 25.7 Å². The van der Waals surface area contributed by atoms with Crippen LogP contribution in [0.15, 0.2) is 24.3 Å². The SMILES string of the molecule is CCCCCCCCCCCCCCCCCCOC(=O)c1ccccc1C(=O)OCCCC. The molecule has 0 aliphatic carbocycles. The molecule has 0 aliphatic heterocycles. The molecular weight excluding hydrogens is 424 g/mol. The monoisotopic (exact) mass is 474 g/mol. The van der Waals surface area contributed by atoms with Crippen molar-refractivity contribution in [2.24, 2.45) is 0 Å². The summed E-state index contributed by atoms with van der Waals surface area (Å²) < 4.78 is 10.7. The van der Waals surface area contributed by atoms with E-state index in [1.165, 1.54) is 89.9 Å². The van der Waals surface area contributed by atoms with Gasteiger partial charge in [-0.1, -0.05) is 129 Å². The van der Waals surface area contributed by atoms with E-state index >= 15 is 0 Å². The molecule has 1 aromatic carbocycles. The van der Waals surface area contributed by atoms with Crippen molar-refractivity contribution in [3.8, 4) is 0 Å². The molecule has 4 heteroatoms. The van der Waals surface area contributed by atoms with Crippen molar-refractivity contribution >= 4 is 11.9 Å². The first-order valence-electron chi connectivity index (χ1n) is 14.1. The Labute approximate surface area is 209 Å². The molecule has 1 aromatic rings. The lowest BCUT2D eigenvalue weighted by Crippen LogP contribution is -2.15. The predicted molar refractivity (Wildman–Crippen MR) is 141 cm³/mol. The minimum absolute atomic E-state index is 0.288. The highest BCUT2D eigenvalue weighted by Crippen LogP contribution is 2.15. The highest BCUT2D eigenvalue weighted by atomic mass is 16.5. The van der Waals surface area contributed by atoms with Crippen molar-refractivity contribution in [1.29, 1.82) is 0 Å². The fourth-order valence-corrected chi connectivity index (χ4v) is 4.12. The van der Waals surface area contributed by atoms with Crippen molar-refractivity contribution in [3.05, 3.63) is 35.4 Å². The summed E-state index contributed by atoms with van der Waals surface area (Å²) in [4.78, 5) is 24.7. The molecule has 0 aliphatic rings. The van der Waals surface area contributed by atoms with Crippen molar-refractivity contribution in [3.63, 3.8) is 0 Å². The van der Waals surface area contributed by atoms with Crippen molar-refractivity contribution in [2.75, 3.05) is 13.2 Å². The third-order valence-electron chi connectivity index (χ3n) is 6.33. The maximum absolute atomic E-state index is 12.4. The van der Waals surface area contributed by atoms with E-state index in [0.29, 0.717) is 18.8 Å². The topological polar surface area (TPSA) is 52.6 Å². The number of rotatable bonds is 22. The van der Waals surface area contributed by atoms with Gasteiger partial charge in [0.25, 0.3) is 0 Å². The summed E-state index contributed by atoms with van der Waals surface area (Å²) in [6.45, 7) is 5.09. The zero-order valence-electron chi connectivity index (χ0n) is 22.1. The van der Waals surface area contributed by atoms with E-state index in [1.54, 1.807) is 24.3 Å². The van der Waals surface area contributed by atoms with Gasteiger partial charge in [0.1, 0.15) is 0 Å². The molecule has 0 atom stereocenters. The van der Waals surface area contributed by atoms with Gasteiger partial charge in [0, 0.05) is 0 Å². The highest BCUT2D eigenvalue weighted by Gasteiger charge is 2.18. The van der Waals surface area contributed by atoms with Gasteiger partial charge in [-0.15, -0.1) is 0 Å². The Hall–Kier alpha value is -1.84. The number of unbranched alkanes of at least 4 members (excludes halogenated alkanes) is 16. The maximum atomic E-state index is 12.4. The summed E-state index contributed by atoms with van der Waals surface area (Å²) >= 11 is 0. The smallest absolute Gasteiger partial charge is 0.339 e. The van der Waals surface area contributed by atoms with Gasteiger partial charge in [-0.05, 0) is 25.0 Å². The molecule has 0 unspecified atom stereocenters. The molecule has 4 nitrogen and oxygen atoms in total. The summed E-state index contributed by atoms with van der Waals surface area (Å²) in [6.07, 6.45) is 22.8. The van der Waals surface area contributed by atoms with Gasteiger partial charge in [-0.2, -0.15) is 0 Å². The lowest BCUT2D eigenvalue weighted by atomic mass is 10.0. The quantitative estimate of drug-likeness (QED) is 0.124. The lowest BCUT2D eigenvalue weighted by Gasteiger charge is -2.09. The molecule has 34 heavy (non-hydrogen) atoms. The Balaban J connectivity index is 2.01. The van der Waals surface area contributed by atoms with Crippen LogP contribution in [-0.4, -0.2) is 25.2 Å². The Morgan fingerprint density at radius 1 is 0.500 bits per heavy atom. The molecule has 0 fully saturated rings. The molecule has 0 radical (unpaired) electrons. The highest BCUT2D eigenvalue weighted by molar-refractivity contribution is 6.03. The first-order valence-corrected chi connectivity index (χ1v) is 14.1. The van der Waals surface area contributed by atoms with E-state index in [-0.39, 0.29) is 5.56 Å². The van der Waals surface area contributed by atoms with Gasteiger partial charge in [-0.25, -0.2) is 9.59 Å². The molecule has 0 bridgehead atoms. The molecule has 0 spiro atoms. The molecule has 0 N–H and O–H groups in total. The molecule has 1 rings (SSSR count). The van der Waals surface area contributed by atoms with E-state index in [9.17, 15) is 9.59 Å². The van der Waals surface area contributed by atoms with Crippen LogP contribution in [-0.2, 0) is 9.47 Å². The molecule has 194 valence electrons. The normalized spacial score (nSPS) is 10.9. The van der Waals surface area contributed by atoms with Crippen molar-refractivity contribution in [1.82, 2.24) is 0 Å². The summed E-state index contributed by atoms with van der Waals surface area (Å²) in [7, 11) is 0. The van der Waals surface area contributed by atoms with Crippen molar-refractivity contribution < 1.29 is 19.1 Å². The Morgan fingerprint density at radius 2 is 0.824 bits per heavy atom. The number of carbonyl (C=O) groups excluding carboxylic acids is 2. The third-order valence-corrected chi connectivity index (χ3v) is 6.33. The minimum atomic E-state index is -0.455. The molecule has 0 saturated carbocycles. The summed E-state index contributed by atoms with van der Waals surface area (Å²) in [6, 6.07) is 6.74. The van der Waals surface area contributed by atoms with Crippen LogP contribution < -0.4 is 0 Å². The zero-order chi connectivity index (χ0) is 24.7. The van der Waals surface area contributed by atoms with Crippen LogP contribution in [0, 0.1) is 0 Å². The second kappa shape index (κ2) is 21.7. The third kappa shape index (κ3) is 15.1. The fraction of sp³-hybridized carbons (Fsp3) is 0.733. The van der Waals surface area contributed by atoms with Crippen LogP contribution in [0.2, 0.25) is 0 Å². The number of esters is 2. The largest absolute Gasteiger partial charge is 0.462 e. The minimum Gasteiger partial charge on any atom is -0.462 e. The molecule has 0 amide bonds. The van der Waals surface area contributed by atoms with Crippen LogP contribution in [0.1, 0.15) is 150 Å². The second-order valence-electron chi connectivity index (χ2n) is 9.47. The maximum Gasteiger partial charge on any atom is 0.339 e. The van der Waals surface area contributed by atoms with Gasteiger partial charge >= 0.3 is 11.9 Å². The van der Waals surface area contributed by atoms with Crippen LogP contribution in [0.3, 0.4) is 0 Å². The summed E-state index contributed by atoms with van der Waals surface area (Å²) in [5, 5.41) is 0. The number of carbonyl (C=O) groups is 2. The Kier molecular flexibility index (Phi) is 19.2. The van der Waals surface area contributed by atoms with E-state index in [2.05, 4.69) is 6.92 Å². The Morgan fingerprint density at radius 3 is 1.21 bits per heavy atom. The van der Waals surface area contributed by atoms with Crippen LogP contribution in [0.25, 0.3) is 0 Å². The molecular formula is C30H50O4. The van der Waals surface area contributed by atoms with Gasteiger partial charge in [0.15, 0.2) is 0 Å². The number of benzene rings is 1. The Bertz CT molecular complexity index is 640. The number of hydrogen-bond acceptors (Lipinski definition) is 4. The zero-order valence-corrected chi connectivity index (χ0v) is 22.1. The predicted octanol–water partition coefficient (Wildman–Crippen LogP) is 9.06.